The lowest BCUT2D eigenvalue weighted by atomic mass is 9.43. The predicted molar refractivity (Wildman–Crippen MR) is 131 cm³/mol. The van der Waals surface area contributed by atoms with Crippen LogP contribution in [0.5, 0.6) is 0 Å². The normalized spacial score (nSPS) is 41.5. The molecule has 7 nitrogen and oxygen atoms in total. The molecule has 4 fully saturated rings. The van der Waals surface area contributed by atoms with E-state index in [2.05, 4.69) is 26.1 Å². The van der Waals surface area contributed by atoms with E-state index in [0.717, 1.165) is 25.7 Å². The van der Waals surface area contributed by atoms with E-state index in [4.69, 9.17) is 9.84 Å². The van der Waals surface area contributed by atoms with Gasteiger partial charge in [0, 0.05) is 36.6 Å². The summed E-state index contributed by atoms with van der Waals surface area (Å²) in [6.45, 7) is 10.2. The van der Waals surface area contributed by atoms with E-state index >= 15 is 0 Å². The van der Waals surface area contributed by atoms with Crippen molar-refractivity contribution >= 4 is 23.6 Å². The summed E-state index contributed by atoms with van der Waals surface area (Å²) in [6.07, 6.45) is 5.13. The first kappa shape index (κ1) is 26.2. The van der Waals surface area contributed by atoms with Crippen LogP contribution in [0, 0.1) is 46.3 Å². The number of carboxylic acids is 1. The van der Waals surface area contributed by atoms with Gasteiger partial charge in [0.2, 0.25) is 0 Å². The number of nitrogens with one attached hydrogen (secondary N) is 1. The number of fused-ring (bicyclic) bond motifs is 5. The van der Waals surface area contributed by atoms with Crippen molar-refractivity contribution in [2.75, 3.05) is 0 Å². The third kappa shape index (κ3) is 4.53. The quantitative estimate of drug-likeness (QED) is 0.543. The van der Waals surface area contributed by atoms with Gasteiger partial charge in [-0.3, -0.25) is 14.4 Å². The van der Waals surface area contributed by atoms with Gasteiger partial charge in [-0.25, -0.2) is 4.79 Å². The van der Waals surface area contributed by atoms with E-state index in [1.165, 1.54) is 0 Å². The summed E-state index contributed by atoms with van der Waals surface area (Å²) in [7, 11) is 0. The second-order valence-electron chi connectivity index (χ2n) is 12.7. The minimum Gasteiger partial charge on any atom is -0.481 e. The molecule has 7 heteroatoms. The van der Waals surface area contributed by atoms with Crippen LogP contribution in [0.3, 0.4) is 0 Å². The Morgan fingerprint density at radius 2 is 1.80 bits per heavy atom. The molecule has 0 spiro atoms. The van der Waals surface area contributed by atoms with Crippen molar-refractivity contribution in [1.82, 2.24) is 5.32 Å². The van der Waals surface area contributed by atoms with Gasteiger partial charge < -0.3 is 15.2 Å². The highest BCUT2D eigenvalue weighted by Gasteiger charge is 2.66. The van der Waals surface area contributed by atoms with E-state index in [1.807, 2.05) is 13.8 Å². The molecule has 9 atom stereocenters. The first-order chi connectivity index (χ1) is 16.4. The van der Waals surface area contributed by atoms with Crippen molar-refractivity contribution < 1.29 is 29.0 Å². The SMILES string of the molecule is CC(C)NC(=O)O[C@@H]1CC[C@@]2(C)[C@H](CC(=O)[C@@H]3[C@@H]2CC(=O)[C@]2(C)[C@@H]([C@H](C)CCC(=O)O)CC[C@@H]32)C1. The average Bonchev–Trinajstić information content (AvgIpc) is 3.11. The fourth-order valence-electron chi connectivity index (χ4n) is 8.64. The van der Waals surface area contributed by atoms with Gasteiger partial charge in [0.1, 0.15) is 17.7 Å². The Kier molecular flexibility index (Phi) is 7.11. The highest BCUT2D eigenvalue weighted by atomic mass is 16.6. The van der Waals surface area contributed by atoms with E-state index in [1.54, 1.807) is 0 Å². The first-order valence-electron chi connectivity index (χ1n) is 13.6. The third-order valence-corrected chi connectivity index (χ3v) is 10.5. The third-order valence-electron chi connectivity index (χ3n) is 10.5. The lowest BCUT2D eigenvalue weighted by Gasteiger charge is -2.59. The Morgan fingerprint density at radius 3 is 2.46 bits per heavy atom. The summed E-state index contributed by atoms with van der Waals surface area (Å²) in [5, 5.41) is 11.9. The van der Waals surface area contributed by atoms with Crippen LogP contribution in [-0.4, -0.2) is 40.9 Å². The molecule has 4 aliphatic rings. The lowest BCUT2D eigenvalue weighted by Crippen LogP contribution is -2.60. The van der Waals surface area contributed by atoms with Crippen LogP contribution in [0.4, 0.5) is 4.79 Å². The molecule has 4 rings (SSSR count). The minimum absolute atomic E-state index is 0.0121. The summed E-state index contributed by atoms with van der Waals surface area (Å²) < 4.78 is 5.68. The topological polar surface area (TPSA) is 110 Å². The number of hydrogen-bond acceptors (Lipinski definition) is 5. The maximum Gasteiger partial charge on any atom is 0.407 e. The number of amides is 1. The molecule has 0 aromatic carbocycles. The van der Waals surface area contributed by atoms with Gasteiger partial charge in [-0.15, -0.1) is 0 Å². The number of Topliss-reactive ketones (excluding diaryl/α,β-unsaturated/α-hetero) is 2. The molecule has 0 saturated heterocycles. The number of aliphatic carboxylic acids is 1. The number of carbonyl (C=O) groups is 4. The maximum absolute atomic E-state index is 13.8. The summed E-state index contributed by atoms with van der Waals surface area (Å²) in [4.78, 5) is 50.8. The van der Waals surface area contributed by atoms with Gasteiger partial charge in [0.05, 0.1) is 0 Å². The van der Waals surface area contributed by atoms with Crippen molar-refractivity contribution in [3.8, 4) is 0 Å². The van der Waals surface area contributed by atoms with Gasteiger partial charge >= 0.3 is 12.1 Å². The van der Waals surface area contributed by atoms with Crippen LogP contribution in [-0.2, 0) is 19.1 Å². The molecular weight excluding hydrogens is 446 g/mol. The molecule has 2 N–H and O–H groups in total. The standard InChI is InChI=1S/C28H43NO6/c1-15(2)29-26(34)35-18-10-11-27(4)17(12-18)13-22(30)25-20-8-7-19(16(3)6-9-24(32)33)28(20,5)23(31)14-21(25)27/h15-21,25H,6-14H2,1-5H3,(H,29,34)(H,32,33)/t16-,17+,18-,19-,20+,21+,25+,27+,28-/m1/s1. The highest BCUT2D eigenvalue weighted by molar-refractivity contribution is 5.92. The predicted octanol–water partition coefficient (Wildman–Crippen LogP) is 5.01. The van der Waals surface area contributed by atoms with Gasteiger partial charge in [0.15, 0.2) is 0 Å². The lowest BCUT2D eigenvalue weighted by molar-refractivity contribution is -0.168. The average molecular weight is 490 g/mol. The zero-order chi connectivity index (χ0) is 25.7. The van der Waals surface area contributed by atoms with Crippen LogP contribution >= 0.6 is 0 Å². The zero-order valence-corrected chi connectivity index (χ0v) is 22.0. The number of carboxylic acid groups (broad SMARTS) is 1. The van der Waals surface area contributed by atoms with Crippen molar-refractivity contribution in [3.63, 3.8) is 0 Å². The molecule has 0 heterocycles. The number of ketones is 2. The molecule has 0 bridgehead atoms. The van der Waals surface area contributed by atoms with Crippen LogP contribution in [0.1, 0.15) is 92.4 Å². The summed E-state index contributed by atoms with van der Waals surface area (Å²) in [6, 6.07) is 0.0121. The van der Waals surface area contributed by atoms with Gasteiger partial charge in [-0.2, -0.15) is 0 Å². The molecule has 196 valence electrons. The Bertz CT molecular complexity index is 885. The van der Waals surface area contributed by atoms with Crippen LogP contribution in [0.25, 0.3) is 0 Å². The van der Waals surface area contributed by atoms with E-state index < -0.39 is 17.5 Å². The van der Waals surface area contributed by atoms with E-state index in [-0.39, 0.29) is 71.1 Å². The number of rotatable bonds is 6. The van der Waals surface area contributed by atoms with Crippen molar-refractivity contribution in [2.45, 2.75) is 105 Å². The van der Waals surface area contributed by atoms with Gasteiger partial charge in [-0.1, -0.05) is 20.8 Å². The van der Waals surface area contributed by atoms with Crippen LogP contribution in [0.15, 0.2) is 0 Å². The van der Waals surface area contributed by atoms with Crippen molar-refractivity contribution in [1.29, 1.82) is 0 Å². The number of carbonyl (C=O) groups excluding carboxylic acids is 3. The number of ether oxygens (including phenoxy) is 1. The summed E-state index contributed by atoms with van der Waals surface area (Å²) in [5.41, 5.74) is -0.635. The zero-order valence-electron chi connectivity index (χ0n) is 22.0. The van der Waals surface area contributed by atoms with Gasteiger partial charge in [0.25, 0.3) is 0 Å². The first-order valence-corrected chi connectivity index (χ1v) is 13.6. The van der Waals surface area contributed by atoms with Crippen molar-refractivity contribution in [3.05, 3.63) is 0 Å². The molecule has 4 aliphatic carbocycles. The Morgan fingerprint density at radius 1 is 1.09 bits per heavy atom. The molecule has 0 aliphatic heterocycles. The molecule has 0 aromatic heterocycles. The number of hydrogen-bond donors (Lipinski definition) is 2. The second kappa shape index (κ2) is 9.51. The fourth-order valence-corrected chi connectivity index (χ4v) is 8.64. The fraction of sp³-hybridized carbons (Fsp3) is 0.857. The van der Waals surface area contributed by atoms with E-state index in [0.29, 0.717) is 25.7 Å². The highest BCUT2D eigenvalue weighted by Crippen LogP contribution is 2.66. The second-order valence-corrected chi connectivity index (χ2v) is 12.7. The molecule has 4 saturated carbocycles. The largest absolute Gasteiger partial charge is 0.481 e. The maximum atomic E-state index is 13.8. The Hall–Kier alpha value is -1.92. The Balaban J connectivity index is 1.52. The minimum atomic E-state index is -0.797. The number of alkyl carbamates (subject to hydrolysis) is 1. The monoisotopic (exact) mass is 489 g/mol. The molecule has 0 aromatic rings. The summed E-state index contributed by atoms with van der Waals surface area (Å²) >= 11 is 0. The molecule has 0 radical (unpaired) electrons. The van der Waals surface area contributed by atoms with Crippen LogP contribution < -0.4 is 5.32 Å². The van der Waals surface area contributed by atoms with Gasteiger partial charge in [-0.05, 0) is 87.4 Å². The molecule has 1 amide bonds. The molecule has 35 heavy (non-hydrogen) atoms. The molecule has 0 unspecified atom stereocenters. The van der Waals surface area contributed by atoms with Crippen molar-refractivity contribution in [2.24, 2.45) is 46.3 Å². The van der Waals surface area contributed by atoms with E-state index in [9.17, 15) is 19.2 Å². The Labute approximate surface area is 209 Å². The smallest absolute Gasteiger partial charge is 0.407 e. The summed E-state index contributed by atoms with van der Waals surface area (Å²) in [5.74, 6) is 0.206. The molecular formula is C28H43NO6. The van der Waals surface area contributed by atoms with Crippen LogP contribution in [0.2, 0.25) is 0 Å².